The second-order valence-electron chi connectivity index (χ2n) is 6.46. The first-order chi connectivity index (χ1) is 14.1. The summed E-state index contributed by atoms with van der Waals surface area (Å²) in [5, 5.41) is 4.30. The van der Waals surface area contributed by atoms with E-state index in [4.69, 9.17) is 0 Å². The minimum Gasteiger partial charge on any atom is -0.301 e. The van der Waals surface area contributed by atoms with Crippen molar-refractivity contribution in [2.75, 3.05) is 11.1 Å². The molecule has 0 bridgehead atoms. The molecule has 1 N–H and O–H groups in total. The maximum atomic E-state index is 12.4. The molecular weight excluding hydrogens is 400 g/mol. The molecule has 2 aromatic heterocycles. The van der Waals surface area contributed by atoms with Crippen LogP contribution in [0.25, 0.3) is 16.9 Å². The fourth-order valence-corrected chi connectivity index (χ4v) is 4.51. The van der Waals surface area contributed by atoms with Gasteiger partial charge in [0.15, 0.2) is 10.3 Å². The van der Waals surface area contributed by atoms with Gasteiger partial charge in [-0.3, -0.25) is 9.36 Å². The van der Waals surface area contributed by atoms with Gasteiger partial charge in [0.2, 0.25) is 5.91 Å². The van der Waals surface area contributed by atoms with Crippen LogP contribution in [0.15, 0.2) is 72.0 Å². The summed E-state index contributed by atoms with van der Waals surface area (Å²) in [7, 11) is 0. The van der Waals surface area contributed by atoms with Gasteiger partial charge in [0.1, 0.15) is 0 Å². The minimum absolute atomic E-state index is 0.0902. The molecule has 0 spiro atoms. The van der Waals surface area contributed by atoms with Gasteiger partial charge in [-0.1, -0.05) is 60.3 Å². The predicted molar refractivity (Wildman–Crippen MR) is 120 cm³/mol. The van der Waals surface area contributed by atoms with E-state index in [1.54, 1.807) is 0 Å². The van der Waals surface area contributed by atoms with E-state index in [2.05, 4.69) is 32.0 Å². The first-order valence-electron chi connectivity index (χ1n) is 9.17. The SMILES string of the molecule is Cc1nc(NC(=O)CSc2ncc(-c3ccccc3)n2-c2ccccc2)sc1C. The molecule has 2 aromatic carbocycles. The van der Waals surface area contributed by atoms with Gasteiger partial charge in [-0.25, -0.2) is 9.97 Å². The van der Waals surface area contributed by atoms with Gasteiger partial charge in [-0.05, 0) is 26.0 Å². The maximum Gasteiger partial charge on any atom is 0.236 e. The van der Waals surface area contributed by atoms with Gasteiger partial charge in [0, 0.05) is 16.1 Å². The lowest BCUT2D eigenvalue weighted by Crippen LogP contribution is -2.14. The van der Waals surface area contributed by atoms with E-state index >= 15 is 0 Å². The molecule has 0 aliphatic carbocycles. The van der Waals surface area contributed by atoms with Crippen LogP contribution in [0.5, 0.6) is 0 Å². The van der Waals surface area contributed by atoms with Gasteiger partial charge < -0.3 is 5.32 Å². The van der Waals surface area contributed by atoms with E-state index < -0.39 is 0 Å². The third-order valence-electron chi connectivity index (χ3n) is 4.42. The number of imidazole rings is 1. The Morgan fingerprint density at radius 2 is 1.76 bits per heavy atom. The van der Waals surface area contributed by atoms with E-state index in [1.165, 1.54) is 23.1 Å². The maximum absolute atomic E-state index is 12.4. The molecule has 2 heterocycles. The molecule has 0 atom stereocenters. The number of aryl methyl sites for hydroxylation is 2. The van der Waals surface area contributed by atoms with Crippen LogP contribution in [-0.4, -0.2) is 26.2 Å². The van der Waals surface area contributed by atoms with Crippen LogP contribution in [0.2, 0.25) is 0 Å². The standard InChI is InChI=1S/C22H20N4OS2/c1-15-16(2)29-21(24-15)25-20(27)14-28-22-23-13-19(17-9-5-3-6-10-17)26(22)18-11-7-4-8-12-18/h3-13H,14H2,1-2H3,(H,24,25,27). The third kappa shape index (κ3) is 4.41. The van der Waals surface area contributed by atoms with E-state index in [0.717, 1.165) is 32.7 Å². The molecule has 0 fully saturated rings. The number of benzene rings is 2. The average Bonchev–Trinajstić information content (AvgIpc) is 3.30. The number of carbonyl (C=O) groups excluding carboxylic acids is 1. The Labute approximate surface area is 177 Å². The number of carbonyl (C=O) groups is 1. The topological polar surface area (TPSA) is 59.8 Å². The molecule has 4 aromatic rings. The summed E-state index contributed by atoms with van der Waals surface area (Å²) < 4.78 is 2.09. The molecule has 29 heavy (non-hydrogen) atoms. The van der Waals surface area contributed by atoms with Crippen molar-refractivity contribution in [1.82, 2.24) is 14.5 Å². The summed E-state index contributed by atoms with van der Waals surface area (Å²) in [5.74, 6) is 0.170. The van der Waals surface area contributed by atoms with Crippen molar-refractivity contribution in [2.24, 2.45) is 0 Å². The molecule has 0 aliphatic heterocycles. The highest BCUT2D eigenvalue weighted by molar-refractivity contribution is 7.99. The highest BCUT2D eigenvalue weighted by Crippen LogP contribution is 2.30. The molecule has 0 saturated heterocycles. The normalized spacial score (nSPS) is 10.8. The zero-order valence-electron chi connectivity index (χ0n) is 16.1. The number of hydrogen-bond acceptors (Lipinski definition) is 5. The Balaban J connectivity index is 1.57. The molecule has 0 radical (unpaired) electrons. The number of hydrogen-bond donors (Lipinski definition) is 1. The highest BCUT2D eigenvalue weighted by Gasteiger charge is 2.16. The van der Waals surface area contributed by atoms with Gasteiger partial charge in [-0.2, -0.15) is 0 Å². The first-order valence-corrected chi connectivity index (χ1v) is 11.0. The number of anilines is 1. The quantitative estimate of drug-likeness (QED) is 0.428. The summed E-state index contributed by atoms with van der Waals surface area (Å²) in [5.41, 5.74) is 4.03. The molecule has 146 valence electrons. The largest absolute Gasteiger partial charge is 0.301 e. The van der Waals surface area contributed by atoms with E-state index in [0.29, 0.717) is 5.13 Å². The number of rotatable bonds is 6. The van der Waals surface area contributed by atoms with Crippen molar-refractivity contribution in [3.05, 3.63) is 77.4 Å². The second-order valence-corrected chi connectivity index (χ2v) is 8.61. The average molecular weight is 421 g/mol. The monoisotopic (exact) mass is 420 g/mol. The van der Waals surface area contributed by atoms with Gasteiger partial charge in [0.05, 0.1) is 23.3 Å². The Hall–Kier alpha value is -2.90. The molecular formula is C22H20N4OS2. The van der Waals surface area contributed by atoms with Crippen LogP contribution < -0.4 is 5.32 Å². The van der Waals surface area contributed by atoms with Crippen LogP contribution in [0.4, 0.5) is 5.13 Å². The second kappa shape index (κ2) is 8.63. The molecule has 1 amide bonds. The zero-order chi connectivity index (χ0) is 20.2. The Bertz CT molecular complexity index is 1100. The Morgan fingerprint density at radius 3 is 2.41 bits per heavy atom. The van der Waals surface area contributed by atoms with E-state index in [1.807, 2.05) is 68.6 Å². The number of amides is 1. The number of aromatic nitrogens is 3. The van der Waals surface area contributed by atoms with Crippen LogP contribution in [0, 0.1) is 13.8 Å². The number of para-hydroxylation sites is 1. The summed E-state index contributed by atoms with van der Waals surface area (Å²) in [6, 6.07) is 20.2. The van der Waals surface area contributed by atoms with Crippen LogP contribution in [0.1, 0.15) is 10.6 Å². The van der Waals surface area contributed by atoms with Crippen LogP contribution >= 0.6 is 23.1 Å². The van der Waals surface area contributed by atoms with Crippen molar-refractivity contribution >= 4 is 34.1 Å². The fourth-order valence-electron chi connectivity index (χ4n) is 2.89. The number of thiazole rings is 1. The Morgan fingerprint density at radius 1 is 1.07 bits per heavy atom. The van der Waals surface area contributed by atoms with E-state index in [-0.39, 0.29) is 11.7 Å². The fraction of sp³-hybridized carbons (Fsp3) is 0.136. The molecule has 0 saturated carbocycles. The minimum atomic E-state index is -0.0902. The van der Waals surface area contributed by atoms with Crippen molar-refractivity contribution in [3.63, 3.8) is 0 Å². The van der Waals surface area contributed by atoms with Crippen molar-refractivity contribution < 1.29 is 4.79 Å². The van der Waals surface area contributed by atoms with Crippen LogP contribution in [0.3, 0.4) is 0 Å². The van der Waals surface area contributed by atoms with Crippen molar-refractivity contribution in [2.45, 2.75) is 19.0 Å². The van der Waals surface area contributed by atoms with Gasteiger partial charge >= 0.3 is 0 Å². The smallest absolute Gasteiger partial charge is 0.236 e. The predicted octanol–water partition coefficient (Wildman–Crippen LogP) is 5.34. The summed E-state index contributed by atoms with van der Waals surface area (Å²) >= 11 is 2.91. The Kier molecular flexibility index (Phi) is 5.78. The third-order valence-corrected chi connectivity index (χ3v) is 6.36. The molecule has 0 aliphatic rings. The summed E-state index contributed by atoms with van der Waals surface area (Å²) in [6.07, 6.45) is 1.86. The molecule has 0 unspecified atom stereocenters. The molecule has 5 nitrogen and oxygen atoms in total. The van der Waals surface area contributed by atoms with Crippen molar-refractivity contribution in [1.29, 1.82) is 0 Å². The summed E-state index contributed by atoms with van der Waals surface area (Å²) in [4.78, 5) is 22.5. The lowest BCUT2D eigenvalue weighted by atomic mass is 10.1. The lowest BCUT2D eigenvalue weighted by molar-refractivity contribution is -0.113. The number of thioether (sulfide) groups is 1. The van der Waals surface area contributed by atoms with Gasteiger partial charge in [0.25, 0.3) is 0 Å². The van der Waals surface area contributed by atoms with Crippen molar-refractivity contribution in [3.8, 4) is 16.9 Å². The number of nitrogens with one attached hydrogen (secondary N) is 1. The van der Waals surface area contributed by atoms with E-state index in [9.17, 15) is 4.79 Å². The summed E-state index contributed by atoms with van der Waals surface area (Å²) in [6.45, 7) is 3.94. The molecule has 4 rings (SSSR count). The zero-order valence-corrected chi connectivity index (χ0v) is 17.8. The molecule has 7 heteroatoms. The van der Waals surface area contributed by atoms with Gasteiger partial charge in [-0.15, -0.1) is 11.3 Å². The highest BCUT2D eigenvalue weighted by atomic mass is 32.2. The lowest BCUT2D eigenvalue weighted by Gasteiger charge is -2.12. The first kappa shape index (κ1) is 19.4. The number of nitrogens with zero attached hydrogens (tertiary/aromatic N) is 3. The van der Waals surface area contributed by atoms with Crippen LogP contribution in [-0.2, 0) is 4.79 Å².